The normalized spacial score (nSPS) is 17.8. The second kappa shape index (κ2) is 3.83. The molecule has 1 aliphatic rings. The van der Waals surface area contributed by atoms with Gasteiger partial charge in [-0.1, -0.05) is 18.7 Å². The van der Waals surface area contributed by atoms with Gasteiger partial charge in [0, 0.05) is 11.8 Å². The van der Waals surface area contributed by atoms with Gasteiger partial charge in [0.05, 0.1) is 10.3 Å². The van der Waals surface area contributed by atoms with Gasteiger partial charge in [-0.2, -0.15) is 0 Å². The first-order valence-corrected chi connectivity index (χ1v) is 5.39. The number of hydrazine groups is 1. The van der Waals surface area contributed by atoms with Crippen molar-refractivity contribution in [1.29, 1.82) is 0 Å². The van der Waals surface area contributed by atoms with E-state index in [4.69, 9.17) is 0 Å². The number of nitrogens with zero attached hydrogens (tertiary/aromatic N) is 2. The third-order valence-electron chi connectivity index (χ3n) is 3.09. The Hall–Kier alpha value is -2.37. The number of anilines is 1. The molecule has 0 aromatic heterocycles. The summed E-state index contributed by atoms with van der Waals surface area (Å²) in [7, 11) is 0. The van der Waals surface area contributed by atoms with Crippen molar-refractivity contribution in [3.05, 3.63) is 46.7 Å². The van der Waals surface area contributed by atoms with Gasteiger partial charge in [0.2, 0.25) is 5.91 Å². The van der Waals surface area contributed by atoms with Crippen LogP contribution in [-0.4, -0.2) is 10.8 Å². The van der Waals surface area contributed by atoms with Crippen LogP contribution in [0.2, 0.25) is 0 Å². The van der Waals surface area contributed by atoms with Gasteiger partial charge in [0.15, 0.2) is 0 Å². The average molecular weight is 247 g/mol. The van der Waals surface area contributed by atoms with Crippen LogP contribution < -0.4 is 10.4 Å². The molecule has 1 heterocycles. The highest BCUT2D eigenvalue weighted by atomic mass is 16.6. The van der Waals surface area contributed by atoms with Gasteiger partial charge in [0.25, 0.3) is 5.69 Å². The molecule has 0 bridgehead atoms. The Bertz CT molecular complexity index is 551. The van der Waals surface area contributed by atoms with Gasteiger partial charge in [0.1, 0.15) is 5.69 Å². The highest BCUT2D eigenvalue weighted by molar-refractivity contribution is 5.92. The molecule has 18 heavy (non-hydrogen) atoms. The van der Waals surface area contributed by atoms with Crippen LogP contribution in [0.1, 0.15) is 13.8 Å². The molecule has 94 valence electrons. The van der Waals surface area contributed by atoms with Gasteiger partial charge in [-0.05, 0) is 19.9 Å². The second-order valence-electron chi connectivity index (χ2n) is 4.59. The minimum Gasteiger partial charge on any atom is -0.272 e. The number of nitro benzene ring substituents is 1. The van der Waals surface area contributed by atoms with Gasteiger partial charge in [-0.15, -0.1) is 0 Å². The van der Waals surface area contributed by atoms with Crippen LogP contribution in [0, 0.1) is 15.5 Å². The van der Waals surface area contributed by atoms with Gasteiger partial charge in [-0.25, -0.2) is 0 Å². The predicted octanol–water partition coefficient (Wildman–Crippen LogP) is 1.99. The number of carbonyl (C=O) groups excluding carboxylic acids is 1. The number of carbonyl (C=O) groups is 1. The van der Waals surface area contributed by atoms with E-state index in [2.05, 4.69) is 12.0 Å². The lowest BCUT2D eigenvalue weighted by Crippen LogP contribution is -2.33. The number of nitro groups is 1. The van der Waals surface area contributed by atoms with Crippen LogP contribution in [0.15, 0.2) is 36.5 Å². The third kappa shape index (κ3) is 1.62. The van der Waals surface area contributed by atoms with Crippen LogP contribution in [0.25, 0.3) is 0 Å². The smallest absolute Gasteiger partial charge is 0.272 e. The van der Waals surface area contributed by atoms with Crippen molar-refractivity contribution >= 4 is 17.3 Å². The first-order valence-electron chi connectivity index (χ1n) is 5.39. The quantitative estimate of drug-likeness (QED) is 0.640. The van der Waals surface area contributed by atoms with Crippen molar-refractivity contribution in [2.24, 2.45) is 5.41 Å². The zero-order chi connectivity index (χ0) is 13.5. The molecule has 1 amide bonds. The summed E-state index contributed by atoms with van der Waals surface area (Å²) < 4.78 is 0. The molecule has 0 radical (unpaired) electrons. The summed E-state index contributed by atoms with van der Waals surface area (Å²) in [5.74, 6) is -0.231. The van der Waals surface area contributed by atoms with Crippen molar-refractivity contribution in [1.82, 2.24) is 5.43 Å². The summed E-state index contributed by atoms with van der Waals surface area (Å²) >= 11 is 0. The number of hydrogen-bond acceptors (Lipinski definition) is 4. The second-order valence-corrected chi connectivity index (χ2v) is 4.59. The number of hydrogen-bond donors (Lipinski definition) is 1. The Kier molecular flexibility index (Phi) is 2.58. The van der Waals surface area contributed by atoms with Crippen LogP contribution in [0.5, 0.6) is 0 Å². The van der Waals surface area contributed by atoms with Crippen LogP contribution in [0.3, 0.4) is 0 Å². The fourth-order valence-corrected chi connectivity index (χ4v) is 1.73. The molecule has 1 aliphatic heterocycles. The minimum atomic E-state index is -0.774. The highest BCUT2D eigenvalue weighted by Crippen LogP contribution is 2.39. The van der Waals surface area contributed by atoms with E-state index in [1.165, 1.54) is 11.1 Å². The highest BCUT2D eigenvalue weighted by Gasteiger charge is 2.43. The van der Waals surface area contributed by atoms with Gasteiger partial charge < -0.3 is 0 Å². The minimum absolute atomic E-state index is 0.0725. The Morgan fingerprint density at radius 2 is 2.00 bits per heavy atom. The molecule has 6 nitrogen and oxygen atoms in total. The van der Waals surface area contributed by atoms with Crippen LogP contribution in [-0.2, 0) is 4.79 Å². The number of nitrogens with one attached hydrogen (secondary N) is 1. The van der Waals surface area contributed by atoms with Crippen molar-refractivity contribution < 1.29 is 9.72 Å². The lowest BCUT2D eigenvalue weighted by atomic mass is 9.90. The maximum absolute atomic E-state index is 11.8. The molecule has 0 aliphatic carbocycles. The summed E-state index contributed by atoms with van der Waals surface area (Å²) in [6, 6.07) is 6.21. The van der Waals surface area contributed by atoms with E-state index in [0.717, 1.165) is 0 Å². The summed E-state index contributed by atoms with van der Waals surface area (Å²) in [5.41, 5.74) is 2.55. The van der Waals surface area contributed by atoms with E-state index >= 15 is 0 Å². The maximum atomic E-state index is 11.8. The lowest BCUT2D eigenvalue weighted by molar-refractivity contribution is -0.384. The average Bonchev–Trinajstić information content (AvgIpc) is 2.53. The van der Waals surface area contributed by atoms with Crippen LogP contribution in [0.4, 0.5) is 11.4 Å². The van der Waals surface area contributed by atoms with Crippen LogP contribution >= 0.6 is 0 Å². The number of benzene rings is 1. The predicted molar refractivity (Wildman–Crippen MR) is 66.6 cm³/mol. The van der Waals surface area contributed by atoms with E-state index in [1.54, 1.807) is 32.0 Å². The summed E-state index contributed by atoms with van der Waals surface area (Å²) in [6.07, 6.45) is 0. The zero-order valence-corrected chi connectivity index (χ0v) is 10.1. The molecule has 1 saturated heterocycles. The molecule has 1 N–H and O–H groups in total. The van der Waals surface area contributed by atoms with Crippen molar-refractivity contribution in [2.45, 2.75) is 13.8 Å². The maximum Gasteiger partial charge on any atom is 0.294 e. The molecule has 1 aromatic carbocycles. The molecule has 1 aromatic rings. The number of rotatable bonds is 2. The lowest BCUT2D eigenvalue weighted by Gasteiger charge is -2.21. The standard InChI is InChI=1S/C12H13N3O3/c1-8-12(2,3)11(16)13-14(8)9-6-4-5-7-10(9)15(17)18/h4-7H,1H2,2-3H3,(H,13,16). The molecule has 2 rings (SSSR count). The Morgan fingerprint density at radius 1 is 1.39 bits per heavy atom. The molecule has 1 fully saturated rings. The fraction of sp³-hybridized carbons (Fsp3) is 0.250. The van der Waals surface area contributed by atoms with Gasteiger partial charge >= 0.3 is 0 Å². The van der Waals surface area contributed by atoms with E-state index in [1.807, 2.05) is 0 Å². The largest absolute Gasteiger partial charge is 0.294 e. The molecule has 0 saturated carbocycles. The first-order chi connectivity index (χ1) is 8.35. The van der Waals surface area contributed by atoms with Crippen molar-refractivity contribution in [3.63, 3.8) is 0 Å². The molecule has 0 unspecified atom stereocenters. The zero-order valence-electron chi connectivity index (χ0n) is 10.1. The van der Waals surface area contributed by atoms with Crippen molar-refractivity contribution in [2.75, 3.05) is 5.01 Å². The Morgan fingerprint density at radius 3 is 2.50 bits per heavy atom. The first kappa shape index (κ1) is 12.1. The topological polar surface area (TPSA) is 75.5 Å². The van der Waals surface area contributed by atoms with E-state index < -0.39 is 10.3 Å². The van der Waals surface area contributed by atoms with E-state index in [-0.39, 0.29) is 11.6 Å². The summed E-state index contributed by atoms with van der Waals surface area (Å²) in [6.45, 7) is 7.28. The van der Waals surface area contributed by atoms with E-state index in [9.17, 15) is 14.9 Å². The molecule has 0 atom stereocenters. The van der Waals surface area contributed by atoms with Gasteiger partial charge in [-0.3, -0.25) is 25.3 Å². The van der Waals surface area contributed by atoms with Crippen molar-refractivity contribution in [3.8, 4) is 0 Å². The Balaban J connectivity index is 2.49. The monoisotopic (exact) mass is 247 g/mol. The molecular formula is C12H13N3O3. The molecule has 0 spiro atoms. The molecule has 6 heteroatoms. The third-order valence-corrected chi connectivity index (χ3v) is 3.09. The summed E-state index contributed by atoms with van der Waals surface area (Å²) in [5, 5.41) is 12.3. The Labute approximate surface area is 104 Å². The number of amides is 1. The summed E-state index contributed by atoms with van der Waals surface area (Å²) in [4.78, 5) is 22.3. The fourth-order valence-electron chi connectivity index (χ4n) is 1.73. The number of para-hydroxylation sites is 2. The van der Waals surface area contributed by atoms with E-state index in [0.29, 0.717) is 11.4 Å². The SMILES string of the molecule is C=C1N(c2ccccc2[N+](=O)[O-])NC(=O)C1(C)C. The molecular weight excluding hydrogens is 234 g/mol.